The Bertz CT molecular complexity index is 800. The lowest BCUT2D eigenvalue weighted by atomic mass is 9.70. The topological polar surface area (TPSA) is 26.3 Å². The van der Waals surface area contributed by atoms with Gasteiger partial charge >= 0.3 is 5.97 Å². The molecule has 1 aliphatic rings. The zero-order valence-electron chi connectivity index (χ0n) is 14.8. The Labute approximate surface area is 164 Å². The molecule has 3 atom stereocenters. The van der Waals surface area contributed by atoms with Crippen LogP contribution in [0.25, 0.3) is 0 Å². The van der Waals surface area contributed by atoms with Gasteiger partial charge in [-0.25, -0.2) is 0 Å². The van der Waals surface area contributed by atoms with E-state index >= 15 is 0 Å². The quantitative estimate of drug-likeness (QED) is 0.418. The highest BCUT2D eigenvalue weighted by Gasteiger charge is 2.46. The number of cyclic esters (lactones) is 1. The van der Waals surface area contributed by atoms with Crippen molar-refractivity contribution in [3.8, 4) is 0 Å². The maximum atomic E-state index is 12.8. The standard InChI is InChI=1S/C22H22Cl2O2/c1-3-4-12-22(2)14-19(16-6-5-7-18(24)13-16)20(26-21(22)25)15-8-10-17(23)11-9-15/h3,5-11,13,19-20H,1,4,12,14H2,2H3/t19-,20+,22+/m1/s1. The molecule has 1 fully saturated rings. The van der Waals surface area contributed by atoms with E-state index in [9.17, 15) is 4.79 Å². The molecule has 1 aliphatic heterocycles. The molecule has 0 unspecified atom stereocenters. The van der Waals surface area contributed by atoms with Crippen LogP contribution in [0, 0.1) is 5.41 Å². The Morgan fingerprint density at radius 3 is 2.54 bits per heavy atom. The van der Waals surface area contributed by atoms with Crippen molar-refractivity contribution >= 4 is 29.2 Å². The van der Waals surface area contributed by atoms with Crippen molar-refractivity contribution in [2.75, 3.05) is 0 Å². The van der Waals surface area contributed by atoms with Crippen LogP contribution in [-0.2, 0) is 9.53 Å². The smallest absolute Gasteiger partial charge is 0.312 e. The molecule has 0 amide bonds. The van der Waals surface area contributed by atoms with Crippen LogP contribution >= 0.6 is 23.2 Å². The molecular formula is C22H22Cl2O2. The number of benzene rings is 2. The molecule has 0 spiro atoms. The molecule has 3 rings (SSSR count). The number of carbonyl (C=O) groups excluding carboxylic acids is 1. The number of allylic oxidation sites excluding steroid dienone is 1. The van der Waals surface area contributed by atoms with Gasteiger partial charge in [0.2, 0.25) is 0 Å². The molecule has 4 heteroatoms. The van der Waals surface area contributed by atoms with E-state index in [1.807, 2.05) is 61.5 Å². The van der Waals surface area contributed by atoms with Crippen LogP contribution in [0.4, 0.5) is 0 Å². The molecule has 0 bridgehead atoms. The molecule has 0 saturated carbocycles. The molecule has 1 heterocycles. The fraction of sp³-hybridized carbons (Fsp3) is 0.318. The van der Waals surface area contributed by atoms with Crippen LogP contribution < -0.4 is 0 Å². The van der Waals surface area contributed by atoms with E-state index in [4.69, 9.17) is 27.9 Å². The van der Waals surface area contributed by atoms with Crippen LogP contribution in [0.1, 0.15) is 49.3 Å². The predicted molar refractivity (Wildman–Crippen MR) is 107 cm³/mol. The summed E-state index contributed by atoms with van der Waals surface area (Å²) < 4.78 is 5.97. The second-order valence-electron chi connectivity index (χ2n) is 7.13. The van der Waals surface area contributed by atoms with Crippen molar-refractivity contribution < 1.29 is 9.53 Å². The number of carbonyl (C=O) groups is 1. The molecule has 26 heavy (non-hydrogen) atoms. The third-order valence-corrected chi connectivity index (χ3v) is 5.63. The van der Waals surface area contributed by atoms with Crippen LogP contribution in [0.15, 0.2) is 61.2 Å². The Balaban J connectivity index is 2.00. The minimum atomic E-state index is -0.538. The summed E-state index contributed by atoms with van der Waals surface area (Å²) in [6, 6.07) is 15.3. The molecule has 2 nitrogen and oxygen atoms in total. The van der Waals surface area contributed by atoms with Gasteiger partial charge in [0.15, 0.2) is 0 Å². The Kier molecular flexibility index (Phi) is 5.74. The van der Waals surface area contributed by atoms with Crippen molar-refractivity contribution in [1.29, 1.82) is 0 Å². The van der Waals surface area contributed by atoms with E-state index in [0.717, 1.165) is 24.0 Å². The number of halogens is 2. The van der Waals surface area contributed by atoms with Gasteiger partial charge in [-0.3, -0.25) is 4.79 Å². The van der Waals surface area contributed by atoms with E-state index in [0.29, 0.717) is 16.5 Å². The maximum Gasteiger partial charge on any atom is 0.312 e. The first kappa shape index (κ1) is 19.0. The first-order chi connectivity index (χ1) is 12.4. The van der Waals surface area contributed by atoms with Crippen molar-refractivity contribution in [1.82, 2.24) is 0 Å². The van der Waals surface area contributed by atoms with Gasteiger partial charge in [-0.2, -0.15) is 0 Å². The molecule has 136 valence electrons. The van der Waals surface area contributed by atoms with E-state index in [-0.39, 0.29) is 18.0 Å². The summed E-state index contributed by atoms with van der Waals surface area (Å²) >= 11 is 12.2. The van der Waals surface area contributed by atoms with Gasteiger partial charge in [0.25, 0.3) is 0 Å². The monoisotopic (exact) mass is 388 g/mol. The fourth-order valence-corrected chi connectivity index (χ4v) is 3.95. The normalized spacial score (nSPS) is 25.6. The number of hydrogen-bond acceptors (Lipinski definition) is 2. The minimum Gasteiger partial charge on any atom is -0.456 e. The van der Waals surface area contributed by atoms with Gasteiger partial charge in [0, 0.05) is 16.0 Å². The lowest BCUT2D eigenvalue weighted by molar-refractivity contribution is -0.172. The molecular weight excluding hydrogens is 367 g/mol. The minimum absolute atomic E-state index is 0.0300. The van der Waals surface area contributed by atoms with Crippen LogP contribution in [0.5, 0.6) is 0 Å². The number of hydrogen-bond donors (Lipinski definition) is 0. The first-order valence-corrected chi connectivity index (χ1v) is 9.51. The molecule has 0 N–H and O–H groups in total. The van der Waals surface area contributed by atoms with Crippen LogP contribution in [0.2, 0.25) is 10.0 Å². The number of esters is 1. The fourth-order valence-electron chi connectivity index (χ4n) is 3.62. The lowest BCUT2D eigenvalue weighted by Gasteiger charge is -2.41. The van der Waals surface area contributed by atoms with Crippen molar-refractivity contribution in [3.63, 3.8) is 0 Å². The summed E-state index contributed by atoms with van der Waals surface area (Å²) in [7, 11) is 0. The van der Waals surface area contributed by atoms with Crippen LogP contribution in [-0.4, -0.2) is 5.97 Å². The second kappa shape index (κ2) is 7.85. The number of rotatable bonds is 5. The summed E-state index contributed by atoms with van der Waals surface area (Å²) in [5, 5.41) is 1.34. The molecule has 0 radical (unpaired) electrons. The zero-order valence-corrected chi connectivity index (χ0v) is 16.3. The van der Waals surface area contributed by atoms with Gasteiger partial charge in [-0.05, 0) is 61.6 Å². The van der Waals surface area contributed by atoms with E-state index < -0.39 is 5.41 Å². The molecule has 0 aliphatic carbocycles. The Morgan fingerprint density at radius 2 is 1.88 bits per heavy atom. The molecule has 2 aromatic carbocycles. The first-order valence-electron chi connectivity index (χ1n) is 8.76. The maximum absolute atomic E-state index is 12.8. The Morgan fingerprint density at radius 1 is 1.15 bits per heavy atom. The van der Waals surface area contributed by atoms with Gasteiger partial charge in [-0.15, -0.1) is 6.58 Å². The molecule has 1 saturated heterocycles. The summed E-state index contributed by atoms with van der Waals surface area (Å²) in [5.41, 5.74) is 1.48. The SMILES string of the molecule is C=CCC[C@@]1(C)C[C@H](c2cccc(Cl)c2)[C@H](c2ccc(Cl)cc2)OC1=O. The second-order valence-corrected chi connectivity index (χ2v) is 8.00. The van der Waals surface area contributed by atoms with Crippen molar-refractivity contribution in [3.05, 3.63) is 82.4 Å². The molecule has 0 aromatic heterocycles. The summed E-state index contributed by atoms with van der Waals surface area (Å²) in [6.07, 6.45) is 3.69. The average molecular weight is 389 g/mol. The third-order valence-electron chi connectivity index (χ3n) is 5.14. The van der Waals surface area contributed by atoms with E-state index in [2.05, 4.69) is 6.58 Å². The average Bonchev–Trinajstić information content (AvgIpc) is 2.63. The highest BCUT2D eigenvalue weighted by atomic mass is 35.5. The Hall–Kier alpha value is -1.77. The van der Waals surface area contributed by atoms with Gasteiger partial charge in [0.05, 0.1) is 5.41 Å². The van der Waals surface area contributed by atoms with Gasteiger partial charge in [-0.1, -0.05) is 53.5 Å². The van der Waals surface area contributed by atoms with Crippen molar-refractivity contribution in [2.24, 2.45) is 5.41 Å². The highest BCUT2D eigenvalue weighted by molar-refractivity contribution is 6.30. The van der Waals surface area contributed by atoms with E-state index in [1.54, 1.807) is 0 Å². The highest BCUT2D eigenvalue weighted by Crippen LogP contribution is 2.50. The van der Waals surface area contributed by atoms with E-state index in [1.165, 1.54) is 0 Å². The lowest BCUT2D eigenvalue weighted by Crippen LogP contribution is -2.40. The number of ether oxygens (including phenoxy) is 1. The third kappa shape index (κ3) is 3.97. The zero-order chi connectivity index (χ0) is 18.7. The molecule has 2 aromatic rings. The summed E-state index contributed by atoms with van der Waals surface area (Å²) in [6.45, 7) is 5.76. The van der Waals surface area contributed by atoms with Gasteiger partial charge < -0.3 is 4.74 Å². The summed E-state index contributed by atoms with van der Waals surface area (Å²) in [4.78, 5) is 12.8. The predicted octanol–water partition coefficient (Wildman–Crippen LogP) is 6.74. The largest absolute Gasteiger partial charge is 0.456 e. The summed E-state index contributed by atoms with van der Waals surface area (Å²) in [5.74, 6) is -0.125. The van der Waals surface area contributed by atoms with Crippen LogP contribution in [0.3, 0.4) is 0 Å². The van der Waals surface area contributed by atoms with Crippen molar-refractivity contribution in [2.45, 2.75) is 38.2 Å². The van der Waals surface area contributed by atoms with Gasteiger partial charge in [0.1, 0.15) is 6.10 Å².